The normalized spacial score (nSPS) is 15.0. The fraction of sp³-hybridized carbons (Fsp3) is 0.200. The molecule has 1 heterocycles. The van der Waals surface area contributed by atoms with Crippen LogP contribution >= 0.6 is 11.6 Å². The average molecular weight is 526 g/mol. The third kappa shape index (κ3) is 4.99. The second-order valence-corrected chi connectivity index (χ2v) is 8.34. The van der Waals surface area contributed by atoms with Crippen LogP contribution in [0.4, 0.5) is 27.6 Å². The molecule has 36 heavy (non-hydrogen) atoms. The zero-order chi connectivity index (χ0) is 26.2. The SMILES string of the molecule is COC(=O)c1cc(NC(=O)c2cc(Cl)c(C(F)(F)F)cc2C2CCOc3cc(F)ccc32)ccc1F. The highest BCUT2D eigenvalue weighted by atomic mass is 35.5. The number of esters is 1. The first-order valence-corrected chi connectivity index (χ1v) is 10.9. The van der Waals surface area contributed by atoms with Crippen molar-refractivity contribution in [3.8, 4) is 5.75 Å². The van der Waals surface area contributed by atoms with Gasteiger partial charge in [0.05, 0.1) is 29.9 Å². The molecular formula is C25H17ClF5NO4. The number of carbonyl (C=O) groups excluding carboxylic acids is 2. The van der Waals surface area contributed by atoms with Gasteiger partial charge >= 0.3 is 12.1 Å². The van der Waals surface area contributed by atoms with E-state index in [1.807, 2.05) is 0 Å². The number of hydrogen-bond donors (Lipinski definition) is 1. The van der Waals surface area contributed by atoms with Gasteiger partial charge in [0, 0.05) is 28.8 Å². The topological polar surface area (TPSA) is 64.6 Å². The van der Waals surface area contributed by atoms with Crippen LogP contribution in [-0.4, -0.2) is 25.6 Å². The van der Waals surface area contributed by atoms with Gasteiger partial charge in [0.15, 0.2) is 0 Å². The molecule has 1 amide bonds. The van der Waals surface area contributed by atoms with E-state index in [0.717, 1.165) is 43.5 Å². The number of benzene rings is 3. The van der Waals surface area contributed by atoms with Gasteiger partial charge in [-0.3, -0.25) is 4.79 Å². The summed E-state index contributed by atoms with van der Waals surface area (Å²) in [6.07, 6.45) is -4.59. The van der Waals surface area contributed by atoms with Crippen LogP contribution in [0.5, 0.6) is 5.75 Å². The van der Waals surface area contributed by atoms with Gasteiger partial charge in [-0.15, -0.1) is 0 Å². The van der Waals surface area contributed by atoms with E-state index in [0.29, 0.717) is 5.56 Å². The molecule has 0 aliphatic carbocycles. The van der Waals surface area contributed by atoms with Crippen molar-refractivity contribution >= 4 is 29.2 Å². The molecule has 5 nitrogen and oxygen atoms in total. The maximum Gasteiger partial charge on any atom is 0.417 e. The molecule has 1 aliphatic heterocycles. The largest absolute Gasteiger partial charge is 0.493 e. The number of nitrogens with one attached hydrogen (secondary N) is 1. The minimum atomic E-state index is -4.80. The molecule has 0 saturated carbocycles. The van der Waals surface area contributed by atoms with Crippen LogP contribution in [0.25, 0.3) is 0 Å². The molecule has 0 fully saturated rings. The molecule has 11 heteroatoms. The second kappa shape index (κ2) is 9.77. The van der Waals surface area contributed by atoms with E-state index in [9.17, 15) is 31.5 Å². The van der Waals surface area contributed by atoms with Crippen molar-refractivity contribution in [3.05, 3.63) is 93.0 Å². The van der Waals surface area contributed by atoms with Crippen LogP contribution in [0.2, 0.25) is 5.02 Å². The van der Waals surface area contributed by atoms with E-state index in [1.165, 1.54) is 12.1 Å². The molecule has 0 bridgehead atoms. The predicted octanol–water partition coefficient (Wildman–Crippen LogP) is 6.59. The lowest BCUT2D eigenvalue weighted by atomic mass is 9.83. The summed E-state index contributed by atoms with van der Waals surface area (Å²) < 4.78 is 78.7. The zero-order valence-corrected chi connectivity index (χ0v) is 19.3. The van der Waals surface area contributed by atoms with Gasteiger partial charge in [0.2, 0.25) is 0 Å². The van der Waals surface area contributed by atoms with Crippen LogP contribution in [0.1, 0.15) is 49.7 Å². The lowest BCUT2D eigenvalue weighted by Crippen LogP contribution is -2.22. The molecule has 0 radical (unpaired) electrons. The number of ether oxygens (including phenoxy) is 2. The van der Waals surface area contributed by atoms with Crippen molar-refractivity contribution in [2.75, 3.05) is 19.0 Å². The summed E-state index contributed by atoms with van der Waals surface area (Å²) in [6.45, 7) is 0.0760. The summed E-state index contributed by atoms with van der Waals surface area (Å²) >= 11 is 5.91. The summed E-state index contributed by atoms with van der Waals surface area (Å²) in [5, 5.41) is 1.76. The number of amides is 1. The summed E-state index contributed by atoms with van der Waals surface area (Å²) in [6, 6.07) is 8.51. The Labute approximate surface area is 206 Å². The van der Waals surface area contributed by atoms with Gasteiger partial charge in [-0.05, 0) is 48.4 Å². The number of alkyl halides is 3. The van der Waals surface area contributed by atoms with Crippen LogP contribution in [0.3, 0.4) is 0 Å². The van der Waals surface area contributed by atoms with E-state index < -0.39 is 51.8 Å². The number of methoxy groups -OCH3 is 1. The van der Waals surface area contributed by atoms with Gasteiger partial charge in [-0.2, -0.15) is 13.2 Å². The minimum Gasteiger partial charge on any atom is -0.493 e. The van der Waals surface area contributed by atoms with Crippen molar-refractivity contribution in [2.45, 2.75) is 18.5 Å². The Balaban J connectivity index is 1.81. The predicted molar refractivity (Wildman–Crippen MR) is 121 cm³/mol. The van der Waals surface area contributed by atoms with E-state index in [2.05, 4.69) is 10.1 Å². The Morgan fingerprint density at radius 2 is 1.78 bits per heavy atom. The molecule has 1 aliphatic rings. The highest BCUT2D eigenvalue weighted by Gasteiger charge is 2.37. The smallest absolute Gasteiger partial charge is 0.417 e. The Kier molecular flexibility index (Phi) is 6.90. The van der Waals surface area contributed by atoms with E-state index in [1.54, 1.807) is 0 Å². The molecule has 0 spiro atoms. The van der Waals surface area contributed by atoms with Crippen LogP contribution in [0, 0.1) is 11.6 Å². The number of rotatable bonds is 4. The van der Waals surface area contributed by atoms with Gasteiger partial charge in [-0.1, -0.05) is 17.7 Å². The van der Waals surface area contributed by atoms with Crippen LogP contribution < -0.4 is 10.1 Å². The molecule has 0 aromatic heterocycles. The van der Waals surface area contributed by atoms with Gasteiger partial charge in [0.25, 0.3) is 5.91 Å². The molecule has 1 N–H and O–H groups in total. The first kappa shape index (κ1) is 25.4. The van der Waals surface area contributed by atoms with Gasteiger partial charge in [0.1, 0.15) is 17.4 Å². The Hall–Kier alpha value is -3.66. The maximum atomic E-state index is 14.0. The Morgan fingerprint density at radius 1 is 1.03 bits per heavy atom. The van der Waals surface area contributed by atoms with E-state index >= 15 is 0 Å². The fourth-order valence-corrected chi connectivity index (χ4v) is 4.32. The standard InChI is InChI=1S/C25H17ClF5NO4/c1-35-24(34)18-9-13(3-5-21(18)28)32-23(33)17-11-20(26)19(25(29,30)31)10-16(17)14-6-7-36-22-8-12(27)2-4-15(14)22/h2-5,8-11,14H,6-7H2,1H3,(H,32,33). The van der Waals surface area contributed by atoms with E-state index in [-0.39, 0.29) is 35.6 Å². The molecule has 3 aromatic carbocycles. The molecule has 1 unspecified atom stereocenters. The first-order chi connectivity index (χ1) is 17.0. The number of fused-ring (bicyclic) bond motifs is 1. The van der Waals surface area contributed by atoms with Crippen LogP contribution in [0.15, 0.2) is 48.5 Å². The molecule has 3 aromatic rings. The molecular weight excluding hydrogens is 509 g/mol. The summed E-state index contributed by atoms with van der Waals surface area (Å²) in [5.41, 5.74) is -1.36. The monoisotopic (exact) mass is 525 g/mol. The second-order valence-electron chi connectivity index (χ2n) is 7.93. The molecule has 4 rings (SSSR count). The average Bonchev–Trinajstić information content (AvgIpc) is 2.83. The van der Waals surface area contributed by atoms with Gasteiger partial charge < -0.3 is 14.8 Å². The number of anilines is 1. The quantitative estimate of drug-likeness (QED) is 0.308. The fourth-order valence-electron chi connectivity index (χ4n) is 4.05. The Morgan fingerprint density at radius 3 is 2.47 bits per heavy atom. The van der Waals surface area contributed by atoms with Crippen molar-refractivity contribution in [1.82, 2.24) is 0 Å². The zero-order valence-electron chi connectivity index (χ0n) is 18.5. The van der Waals surface area contributed by atoms with Crippen molar-refractivity contribution < 1.29 is 41.0 Å². The molecule has 0 saturated heterocycles. The van der Waals surface area contributed by atoms with Gasteiger partial charge in [-0.25, -0.2) is 13.6 Å². The number of halogens is 6. The first-order valence-electron chi connectivity index (χ1n) is 10.5. The van der Waals surface area contributed by atoms with Crippen molar-refractivity contribution in [1.29, 1.82) is 0 Å². The third-order valence-electron chi connectivity index (χ3n) is 5.71. The van der Waals surface area contributed by atoms with Crippen molar-refractivity contribution in [2.24, 2.45) is 0 Å². The highest BCUT2D eigenvalue weighted by Crippen LogP contribution is 2.44. The maximum absolute atomic E-state index is 14.0. The minimum absolute atomic E-state index is 0.00165. The highest BCUT2D eigenvalue weighted by molar-refractivity contribution is 6.32. The number of hydrogen-bond acceptors (Lipinski definition) is 4. The Bertz CT molecular complexity index is 1360. The summed E-state index contributed by atoms with van der Waals surface area (Å²) in [7, 11) is 1.06. The molecule has 188 valence electrons. The third-order valence-corrected chi connectivity index (χ3v) is 6.02. The summed E-state index contributed by atoms with van der Waals surface area (Å²) in [5.74, 6) is -3.89. The number of carbonyl (C=O) groups is 2. The van der Waals surface area contributed by atoms with Crippen molar-refractivity contribution in [3.63, 3.8) is 0 Å². The lowest BCUT2D eigenvalue weighted by Gasteiger charge is -2.28. The lowest BCUT2D eigenvalue weighted by molar-refractivity contribution is -0.137. The van der Waals surface area contributed by atoms with Crippen LogP contribution in [-0.2, 0) is 10.9 Å². The van der Waals surface area contributed by atoms with E-state index in [4.69, 9.17) is 16.3 Å². The summed E-state index contributed by atoms with van der Waals surface area (Å²) in [4.78, 5) is 25.0. The molecule has 1 atom stereocenters.